The lowest BCUT2D eigenvalue weighted by Gasteiger charge is -2.21. The fourth-order valence-corrected chi connectivity index (χ4v) is 1.79. The molecule has 1 aliphatic rings. The van der Waals surface area contributed by atoms with Crippen LogP contribution in [0.4, 0.5) is 8.78 Å². The van der Waals surface area contributed by atoms with Crippen molar-refractivity contribution in [3.8, 4) is 0 Å². The van der Waals surface area contributed by atoms with Gasteiger partial charge in [0.25, 0.3) is 5.92 Å². The Labute approximate surface area is 87.0 Å². The second-order valence-electron chi connectivity index (χ2n) is 5.26. The van der Waals surface area contributed by atoms with Crippen LogP contribution in [0.25, 0.3) is 0 Å². The third-order valence-corrected chi connectivity index (χ3v) is 2.90. The molecule has 1 aliphatic carbocycles. The van der Waals surface area contributed by atoms with Crippen molar-refractivity contribution in [2.24, 2.45) is 5.73 Å². The Morgan fingerprint density at radius 2 is 2.00 bits per heavy atom. The van der Waals surface area contributed by atoms with Gasteiger partial charge in [0.1, 0.15) is 5.54 Å². The number of hydrogen-bond donors (Lipinski definition) is 2. The Kier molecular flexibility index (Phi) is 1.81. The van der Waals surface area contributed by atoms with Gasteiger partial charge in [-0.15, -0.1) is 0 Å². The van der Waals surface area contributed by atoms with Gasteiger partial charge in [-0.05, 0) is 0 Å². The largest absolute Gasteiger partial charge is 0.316 e. The van der Waals surface area contributed by atoms with Crippen molar-refractivity contribution in [1.29, 1.82) is 0 Å². The van der Waals surface area contributed by atoms with Gasteiger partial charge >= 0.3 is 0 Å². The summed E-state index contributed by atoms with van der Waals surface area (Å²) in [7, 11) is 0. The summed E-state index contributed by atoms with van der Waals surface area (Å²) in [4.78, 5) is 0. The molecule has 84 valence electrons. The minimum absolute atomic E-state index is 0.253. The van der Waals surface area contributed by atoms with E-state index in [1.807, 2.05) is 20.8 Å². The van der Waals surface area contributed by atoms with Gasteiger partial charge in [0, 0.05) is 23.1 Å². The number of nitrogens with two attached hydrogens (primary N) is 1. The summed E-state index contributed by atoms with van der Waals surface area (Å²) in [6, 6.07) is 0. The topological polar surface area (TPSA) is 54.7 Å². The van der Waals surface area contributed by atoms with Crippen molar-refractivity contribution < 1.29 is 8.78 Å². The van der Waals surface area contributed by atoms with Gasteiger partial charge in [-0.2, -0.15) is 5.10 Å². The van der Waals surface area contributed by atoms with Crippen LogP contribution in [-0.2, 0) is 11.0 Å². The number of rotatable bonds is 1. The Hall–Kier alpha value is -0.970. The molecule has 15 heavy (non-hydrogen) atoms. The molecule has 0 saturated heterocycles. The lowest BCUT2D eigenvalue weighted by Crippen LogP contribution is -2.30. The quantitative estimate of drug-likeness (QED) is 0.751. The number of nitrogens with one attached hydrogen (secondary N) is 1. The van der Waals surface area contributed by atoms with Crippen LogP contribution >= 0.6 is 0 Å². The molecule has 5 heteroatoms. The van der Waals surface area contributed by atoms with E-state index in [0.717, 1.165) is 0 Å². The fourth-order valence-electron chi connectivity index (χ4n) is 1.79. The summed E-state index contributed by atoms with van der Waals surface area (Å²) in [5.41, 5.74) is 5.05. The maximum absolute atomic E-state index is 13.1. The monoisotopic (exact) mass is 215 g/mol. The van der Waals surface area contributed by atoms with Crippen molar-refractivity contribution in [2.45, 2.75) is 44.1 Å². The number of aromatic amines is 1. The molecule has 1 unspecified atom stereocenters. The maximum Gasteiger partial charge on any atom is 0.272 e. The molecular formula is C10H15F2N3. The highest BCUT2D eigenvalue weighted by Gasteiger charge is 2.71. The highest BCUT2D eigenvalue weighted by molar-refractivity contribution is 5.39. The van der Waals surface area contributed by atoms with Crippen LogP contribution in [0.1, 0.15) is 38.4 Å². The lowest BCUT2D eigenvalue weighted by molar-refractivity contribution is 0.0887. The molecule has 1 atom stereocenters. The van der Waals surface area contributed by atoms with Crippen LogP contribution in [0.5, 0.6) is 0 Å². The first kappa shape index (κ1) is 10.5. The zero-order chi connectivity index (χ0) is 11.5. The van der Waals surface area contributed by atoms with Crippen LogP contribution < -0.4 is 5.73 Å². The molecule has 3 N–H and O–H groups in total. The molecule has 0 radical (unpaired) electrons. The number of H-pyrrole nitrogens is 1. The fraction of sp³-hybridized carbons (Fsp3) is 0.700. The molecule has 0 bridgehead atoms. The number of halogens is 2. The first-order chi connectivity index (χ1) is 6.68. The second-order valence-corrected chi connectivity index (χ2v) is 5.26. The van der Waals surface area contributed by atoms with Gasteiger partial charge in [0.05, 0.1) is 6.20 Å². The van der Waals surface area contributed by atoms with Crippen LogP contribution in [0.2, 0.25) is 0 Å². The average molecular weight is 215 g/mol. The third kappa shape index (κ3) is 1.37. The van der Waals surface area contributed by atoms with E-state index in [-0.39, 0.29) is 11.8 Å². The molecular weight excluding hydrogens is 200 g/mol. The first-order valence-corrected chi connectivity index (χ1v) is 4.89. The summed E-state index contributed by atoms with van der Waals surface area (Å²) in [5, 5.41) is 6.59. The van der Waals surface area contributed by atoms with Crippen LogP contribution in [0, 0.1) is 0 Å². The van der Waals surface area contributed by atoms with Crippen LogP contribution in [0.15, 0.2) is 6.20 Å². The molecule has 1 heterocycles. The normalized spacial score (nSPS) is 29.2. The van der Waals surface area contributed by atoms with Crippen molar-refractivity contribution in [2.75, 3.05) is 0 Å². The molecule has 1 saturated carbocycles. The Balaban J connectivity index is 2.44. The highest BCUT2D eigenvalue weighted by Crippen LogP contribution is 2.58. The molecule has 0 amide bonds. The van der Waals surface area contributed by atoms with Crippen LogP contribution in [0.3, 0.4) is 0 Å². The van der Waals surface area contributed by atoms with Gasteiger partial charge in [0.2, 0.25) is 0 Å². The number of aromatic nitrogens is 2. The van der Waals surface area contributed by atoms with Crippen molar-refractivity contribution in [3.05, 3.63) is 17.5 Å². The third-order valence-electron chi connectivity index (χ3n) is 2.90. The van der Waals surface area contributed by atoms with E-state index in [1.54, 1.807) is 0 Å². The average Bonchev–Trinajstić information content (AvgIpc) is 2.51. The SMILES string of the molecule is CC(C)(C)c1[nH]ncc1C1(N)CC1(F)F. The standard InChI is InChI=1S/C10H15F2N3/c1-8(2,3)7-6(4-14-15-7)9(13)5-10(9,11)12/h4H,5,13H2,1-3H3,(H,14,15). The van der Waals surface area contributed by atoms with E-state index >= 15 is 0 Å². The molecule has 3 nitrogen and oxygen atoms in total. The first-order valence-electron chi connectivity index (χ1n) is 4.89. The predicted octanol–water partition coefficient (Wildman–Crippen LogP) is 1.90. The molecule has 2 rings (SSSR count). The Morgan fingerprint density at radius 3 is 2.40 bits per heavy atom. The zero-order valence-corrected chi connectivity index (χ0v) is 9.06. The van der Waals surface area contributed by atoms with Gasteiger partial charge < -0.3 is 5.73 Å². The molecule has 0 aliphatic heterocycles. The van der Waals surface area contributed by atoms with Crippen molar-refractivity contribution >= 4 is 0 Å². The smallest absolute Gasteiger partial charge is 0.272 e. The van der Waals surface area contributed by atoms with Crippen LogP contribution in [-0.4, -0.2) is 16.1 Å². The number of nitrogens with zero attached hydrogens (tertiary/aromatic N) is 1. The van der Waals surface area contributed by atoms with E-state index < -0.39 is 11.5 Å². The summed E-state index contributed by atoms with van der Waals surface area (Å²) in [5.74, 6) is -2.79. The molecule has 0 spiro atoms. The summed E-state index contributed by atoms with van der Waals surface area (Å²) < 4.78 is 26.3. The zero-order valence-electron chi connectivity index (χ0n) is 9.06. The minimum Gasteiger partial charge on any atom is -0.316 e. The number of hydrogen-bond acceptors (Lipinski definition) is 2. The Bertz CT molecular complexity index is 392. The maximum atomic E-state index is 13.1. The van der Waals surface area contributed by atoms with E-state index in [4.69, 9.17) is 5.73 Å². The lowest BCUT2D eigenvalue weighted by atomic mass is 9.87. The number of alkyl halides is 2. The molecule has 1 aromatic rings. The highest BCUT2D eigenvalue weighted by atomic mass is 19.3. The molecule has 0 aromatic carbocycles. The predicted molar refractivity (Wildman–Crippen MR) is 52.7 cm³/mol. The van der Waals surface area contributed by atoms with Crippen molar-refractivity contribution in [1.82, 2.24) is 10.2 Å². The summed E-state index contributed by atoms with van der Waals surface area (Å²) in [6.45, 7) is 5.82. The van der Waals surface area contributed by atoms with Gasteiger partial charge in [-0.3, -0.25) is 5.10 Å². The van der Waals surface area contributed by atoms with Crippen molar-refractivity contribution in [3.63, 3.8) is 0 Å². The van der Waals surface area contributed by atoms with Gasteiger partial charge in [0.15, 0.2) is 0 Å². The second kappa shape index (κ2) is 2.58. The van der Waals surface area contributed by atoms with E-state index in [2.05, 4.69) is 10.2 Å². The van der Waals surface area contributed by atoms with E-state index in [9.17, 15) is 8.78 Å². The van der Waals surface area contributed by atoms with E-state index in [1.165, 1.54) is 6.20 Å². The molecule has 1 fully saturated rings. The van der Waals surface area contributed by atoms with E-state index in [0.29, 0.717) is 11.3 Å². The van der Waals surface area contributed by atoms with Gasteiger partial charge in [-0.1, -0.05) is 20.8 Å². The molecule has 1 aromatic heterocycles. The minimum atomic E-state index is -2.79. The van der Waals surface area contributed by atoms with Gasteiger partial charge in [-0.25, -0.2) is 8.78 Å². The Morgan fingerprint density at radius 1 is 1.47 bits per heavy atom. The summed E-state index contributed by atoms with van der Waals surface area (Å²) >= 11 is 0. The summed E-state index contributed by atoms with van der Waals surface area (Å²) in [6.07, 6.45) is 1.13.